The molecule has 1 unspecified atom stereocenters. The third-order valence-corrected chi connectivity index (χ3v) is 5.51. The second kappa shape index (κ2) is 7.35. The Morgan fingerprint density at radius 2 is 2.33 bits per heavy atom. The van der Waals surface area contributed by atoms with Gasteiger partial charge in [-0.25, -0.2) is 8.42 Å². The van der Waals surface area contributed by atoms with Crippen molar-refractivity contribution in [2.75, 3.05) is 33.4 Å². The van der Waals surface area contributed by atoms with Crippen LogP contribution in [0.4, 0.5) is 0 Å². The van der Waals surface area contributed by atoms with E-state index in [2.05, 4.69) is 17.3 Å². The van der Waals surface area contributed by atoms with Crippen molar-refractivity contribution in [3.63, 3.8) is 0 Å². The van der Waals surface area contributed by atoms with Crippen LogP contribution in [0.2, 0.25) is 0 Å². The number of hydrogen-bond acceptors (Lipinski definition) is 5. The molecule has 21 heavy (non-hydrogen) atoms. The maximum atomic E-state index is 12.5. The molecule has 1 aromatic heterocycles. The molecule has 120 valence electrons. The zero-order valence-corrected chi connectivity index (χ0v) is 13.5. The molecule has 8 heteroatoms. The van der Waals surface area contributed by atoms with Gasteiger partial charge in [-0.2, -0.15) is 9.40 Å². The maximum absolute atomic E-state index is 12.5. The number of aromatic nitrogens is 2. The predicted octanol–water partition coefficient (Wildman–Crippen LogP) is 0.292. The molecule has 2 heterocycles. The average Bonchev–Trinajstić information content (AvgIpc) is 3.14. The van der Waals surface area contributed by atoms with Crippen LogP contribution in [0.3, 0.4) is 0 Å². The van der Waals surface area contributed by atoms with E-state index in [4.69, 9.17) is 4.74 Å². The summed E-state index contributed by atoms with van der Waals surface area (Å²) in [5.41, 5.74) is 0. The second-order valence-electron chi connectivity index (χ2n) is 5.23. The van der Waals surface area contributed by atoms with E-state index in [9.17, 15) is 8.42 Å². The number of hydrogen-bond donors (Lipinski definition) is 1. The van der Waals surface area contributed by atoms with Gasteiger partial charge in [-0.3, -0.25) is 4.68 Å². The zero-order chi connectivity index (χ0) is 15.3. The Kier molecular flexibility index (Phi) is 5.74. The number of ether oxygens (including phenoxy) is 1. The predicted molar refractivity (Wildman–Crippen MR) is 79.6 cm³/mol. The van der Waals surface area contributed by atoms with Crippen LogP contribution in [0, 0.1) is 0 Å². The molecule has 2 rings (SSSR count). The van der Waals surface area contributed by atoms with Crippen molar-refractivity contribution in [2.24, 2.45) is 0 Å². The first-order valence-corrected chi connectivity index (χ1v) is 8.78. The standard InChI is InChI=1S/C13H24N4O3S/c1-3-5-14-6-7-17-10-13(9-15-17)21(18,19)16(2)12-4-8-20-11-12/h9-10,12,14H,3-8,11H2,1-2H3. The summed E-state index contributed by atoms with van der Waals surface area (Å²) in [5.74, 6) is 0. The SMILES string of the molecule is CCCNCCn1cc(S(=O)(=O)N(C)C2CCOC2)cn1. The molecule has 1 saturated heterocycles. The lowest BCUT2D eigenvalue weighted by Gasteiger charge is -2.21. The Balaban J connectivity index is 1.98. The summed E-state index contributed by atoms with van der Waals surface area (Å²) in [7, 11) is -1.88. The van der Waals surface area contributed by atoms with Gasteiger partial charge in [0, 0.05) is 26.4 Å². The van der Waals surface area contributed by atoms with Crippen LogP contribution in [-0.2, 0) is 21.3 Å². The van der Waals surface area contributed by atoms with Gasteiger partial charge in [-0.15, -0.1) is 0 Å². The Labute approximate surface area is 126 Å². The molecule has 0 aromatic carbocycles. The van der Waals surface area contributed by atoms with Crippen LogP contribution in [0.25, 0.3) is 0 Å². The number of rotatable bonds is 8. The van der Waals surface area contributed by atoms with Gasteiger partial charge >= 0.3 is 0 Å². The molecule has 1 fully saturated rings. The van der Waals surface area contributed by atoms with E-state index in [1.807, 2.05) is 0 Å². The smallest absolute Gasteiger partial charge is 0.246 e. The monoisotopic (exact) mass is 316 g/mol. The van der Waals surface area contributed by atoms with Gasteiger partial charge in [0.2, 0.25) is 10.0 Å². The van der Waals surface area contributed by atoms with Crippen LogP contribution in [0.15, 0.2) is 17.3 Å². The molecule has 1 aliphatic rings. The Hall–Kier alpha value is -0.960. The molecular formula is C13H24N4O3S. The van der Waals surface area contributed by atoms with E-state index in [0.717, 1.165) is 25.9 Å². The first-order valence-electron chi connectivity index (χ1n) is 7.34. The fourth-order valence-electron chi connectivity index (χ4n) is 2.27. The second-order valence-corrected chi connectivity index (χ2v) is 7.23. The van der Waals surface area contributed by atoms with E-state index < -0.39 is 10.0 Å². The van der Waals surface area contributed by atoms with E-state index in [1.54, 1.807) is 17.9 Å². The van der Waals surface area contributed by atoms with Crippen LogP contribution in [-0.4, -0.2) is 61.9 Å². The molecule has 0 bridgehead atoms. The minimum absolute atomic E-state index is 0.0791. The minimum Gasteiger partial charge on any atom is -0.380 e. The van der Waals surface area contributed by atoms with Gasteiger partial charge in [0.05, 0.1) is 25.4 Å². The van der Waals surface area contributed by atoms with Crippen molar-refractivity contribution >= 4 is 10.0 Å². The molecule has 0 radical (unpaired) electrons. The van der Waals surface area contributed by atoms with Crippen LogP contribution < -0.4 is 5.32 Å². The van der Waals surface area contributed by atoms with Crippen LogP contribution in [0.1, 0.15) is 19.8 Å². The van der Waals surface area contributed by atoms with Crippen molar-refractivity contribution in [3.05, 3.63) is 12.4 Å². The molecular weight excluding hydrogens is 292 g/mol. The highest BCUT2D eigenvalue weighted by molar-refractivity contribution is 7.89. The maximum Gasteiger partial charge on any atom is 0.246 e. The van der Waals surface area contributed by atoms with Gasteiger partial charge in [0.15, 0.2) is 0 Å². The van der Waals surface area contributed by atoms with Gasteiger partial charge in [0.1, 0.15) is 4.90 Å². The number of likely N-dealkylation sites (N-methyl/N-ethyl adjacent to an activating group) is 1. The molecule has 0 spiro atoms. The van der Waals surface area contributed by atoms with E-state index in [0.29, 0.717) is 19.8 Å². The van der Waals surface area contributed by atoms with E-state index in [1.165, 1.54) is 10.5 Å². The number of sulfonamides is 1. The summed E-state index contributed by atoms with van der Waals surface area (Å²) in [5, 5.41) is 7.39. The molecule has 0 saturated carbocycles. The van der Waals surface area contributed by atoms with Crippen molar-refractivity contribution < 1.29 is 13.2 Å². The lowest BCUT2D eigenvalue weighted by Crippen LogP contribution is -2.37. The third kappa shape index (κ3) is 4.03. The van der Waals surface area contributed by atoms with Gasteiger partial charge in [0.25, 0.3) is 0 Å². The van der Waals surface area contributed by atoms with E-state index in [-0.39, 0.29) is 10.9 Å². The molecule has 1 aliphatic heterocycles. The summed E-state index contributed by atoms with van der Waals surface area (Å²) in [6.45, 7) is 5.58. The van der Waals surface area contributed by atoms with Crippen molar-refractivity contribution in [2.45, 2.75) is 37.2 Å². The van der Waals surface area contributed by atoms with Gasteiger partial charge in [-0.1, -0.05) is 6.92 Å². The summed E-state index contributed by atoms with van der Waals surface area (Å²) in [4.78, 5) is 0.243. The Morgan fingerprint density at radius 3 is 3.00 bits per heavy atom. The first-order chi connectivity index (χ1) is 10.1. The summed E-state index contributed by atoms with van der Waals surface area (Å²) >= 11 is 0. The molecule has 7 nitrogen and oxygen atoms in total. The summed E-state index contributed by atoms with van der Waals surface area (Å²) in [6, 6.07) is -0.0791. The highest BCUT2D eigenvalue weighted by Gasteiger charge is 2.31. The minimum atomic E-state index is -3.49. The van der Waals surface area contributed by atoms with Gasteiger partial charge in [-0.05, 0) is 19.4 Å². The normalized spacial score (nSPS) is 19.5. The average molecular weight is 316 g/mol. The van der Waals surface area contributed by atoms with Gasteiger partial charge < -0.3 is 10.1 Å². The first kappa shape index (κ1) is 16.4. The quantitative estimate of drug-likeness (QED) is 0.698. The zero-order valence-electron chi connectivity index (χ0n) is 12.7. The fourth-order valence-corrected chi connectivity index (χ4v) is 3.59. The third-order valence-electron chi connectivity index (χ3n) is 3.65. The van der Waals surface area contributed by atoms with Crippen molar-refractivity contribution in [1.29, 1.82) is 0 Å². The lowest BCUT2D eigenvalue weighted by atomic mass is 10.3. The van der Waals surface area contributed by atoms with E-state index >= 15 is 0 Å². The van der Waals surface area contributed by atoms with Crippen molar-refractivity contribution in [3.8, 4) is 0 Å². The van der Waals surface area contributed by atoms with Crippen LogP contribution in [0.5, 0.6) is 0 Å². The number of nitrogens with zero attached hydrogens (tertiary/aromatic N) is 3. The topological polar surface area (TPSA) is 76.5 Å². The van der Waals surface area contributed by atoms with Crippen LogP contribution >= 0.6 is 0 Å². The largest absolute Gasteiger partial charge is 0.380 e. The molecule has 0 aliphatic carbocycles. The molecule has 1 aromatic rings. The Bertz CT molecular complexity index is 537. The van der Waals surface area contributed by atoms with Crippen molar-refractivity contribution in [1.82, 2.24) is 19.4 Å². The summed E-state index contributed by atoms with van der Waals surface area (Å²) < 4.78 is 33.3. The Morgan fingerprint density at radius 1 is 1.52 bits per heavy atom. The fraction of sp³-hybridized carbons (Fsp3) is 0.769. The highest BCUT2D eigenvalue weighted by Crippen LogP contribution is 2.20. The summed E-state index contributed by atoms with van der Waals surface area (Å²) in [6.07, 6.45) is 4.83. The molecule has 1 N–H and O–H groups in total. The highest BCUT2D eigenvalue weighted by atomic mass is 32.2. The molecule has 1 atom stereocenters. The molecule has 0 amide bonds. The number of nitrogens with one attached hydrogen (secondary N) is 1. The lowest BCUT2D eigenvalue weighted by molar-refractivity contribution is 0.181.